The molecule has 2 rings (SSSR count). The van der Waals surface area contributed by atoms with Gasteiger partial charge in [-0.3, -0.25) is 9.59 Å². The standard InChI is InChI=1S/C19H23ClN2O3/c1-3-5-18(23)22(13-15-7-9-16(20)10-8-15)14(2)19(24)21-12-17-6-4-11-25-17/h4,6-11,14H,3,5,12-13H2,1-2H3,(H,21,24)/t14-/m0/s1. The molecular formula is C19H23ClN2O3. The SMILES string of the molecule is CCCC(=O)N(Cc1ccc(Cl)cc1)[C@@H](C)C(=O)NCc1ccco1. The Morgan fingerprint density at radius 1 is 1.24 bits per heavy atom. The Morgan fingerprint density at radius 3 is 2.56 bits per heavy atom. The first-order valence-corrected chi connectivity index (χ1v) is 8.73. The van der Waals surface area contributed by atoms with Crippen molar-refractivity contribution in [3.63, 3.8) is 0 Å². The third-order valence-corrected chi connectivity index (χ3v) is 4.17. The topological polar surface area (TPSA) is 62.6 Å². The predicted octanol–water partition coefficient (Wildman–Crippen LogP) is 3.77. The second-order valence-electron chi connectivity index (χ2n) is 5.87. The first-order chi connectivity index (χ1) is 12.0. The van der Waals surface area contributed by atoms with Gasteiger partial charge in [0, 0.05) is 18.0 Å². The summed E-state index contributed by atoms with van der Waals surface area (Å²) in [7, 11) is 0. The number of halogens is 1. The van der Waals surface area contributed by atoms with Crippen LogP contribution in [0, 0.1) is 0 Å². The van der Waals surface area contributed by atoms with Gasteiger partial charge in [-0.05, 0) is 43.2 Å². The summed E-state index contributed by atoms with van der Waals surface area (Å²) in [4.78, 5) is 26.6. The fourth-order valence-corrected chi connectivity index (χ4v) is 2.59. The first-order valence-electron chi connectivity index (χ1n) is 8.35. The van der Waals surface area contributed by atoms with Crippen LogP contribution < -0.4 is 5.32 Å². The lowest BCUT2D eigenvalue weighted by molar-refractivity contribution is -0.140. The van der Waals surface area contributed by atoms with E-state index in [9.17, 15) is 9.59 Å². The molecule has 0 unspecified atom stereocenters. The van der Waals surface area contributed by atoms with Gasteiger partial charge in [0.1, 0.15) is 11.8 Å². The maximum atomic E-state index is 12.5. The van der Waals surface area contributed by atoms with Crippen LogP contribution in [0.5, 0.6) is 0 Å². The average Bonchev–Trinajstić information content (AvgIpc) is 3.12. The molecule has 0 spiro atoms. The molecule has 0 saturated carbocycles. The van der Waals surface area contributed by atoms with E-state index in [1.165, 1.54) is 0 Å². The second kappa shape index (κ2) is 9.28. The molecule has 6 heteroatoms. The smallest absolute Gasteiger partial charge is 0.242 e. The van der Waals surface area contributed by atoms with E-state index in [-0.39, 0.29) is 11.8 Å². The van der Waals surface area contributed by atoms with E-state index in [2.05, 4.69) is 5.32 Å². The van der Waals surface area contributed by atoms with Crippen molar-refractivity contribution >= 4 is 23.4 Å². The van der Waals surface area contributed by atoms with Crippen molar-refractivity contribution < 1.29 is 14.0 Å². The van der Waals surface area contributed by atoms with E-state index >= 15 is 0 Å². The molecule has 0 aliphatic heterocycles. The van der Waals surface area contributed by atoms with Crippen molar-refractivity contribution in [2.75, 3.05) is 0 Å². The van der Waals surface area contributed by atoms with Crippen LogP contribution in [0.15, 0.2) is 47.1 Å². The van der Waals surface area contributed by atoms with Crippen LogP contribution in [0.4, 0.5) is 0 Å². The van der Waals surface area contributed by atoms with Crippen molar-refractivity contribution in [2.45, 2.75) is 45.8 Å². The van der Waals surface area contributed by atoms with Gasteiger partial charge in [0.25, 0.3) is 0 Å². The van der Waals surface area contributed by atoms with Crippen molar-refractivity contribution in [3.05, 3.63) is 59.0 Å². The Morgan fingerprint density at radius 2 is 1.96 bits per heavy atom. The molecule has 134 valence electrons. The lowest BCUT2D eigenvalue weighted by Gasteiger charge is -2.28. The molecule has 5 nitrogen and oxygen atoms in total. The first kappa shape index (κ1) is 19.1. The minimum absolute atomic E-state index is 0.0434. The molecule has 1 aromatic heterocycles. The number of benzene rings is 1. The van der Waals surface area contributed by atoms with Gasteiger partial charge < -0.3 is 14.6 Å². The minimum atomic E-state index is -0.579. The monoisotopic (exact) mass is 362 g/mol. The van der Waals surface area contributed by atoms with Gasteiger partial charge in [0.05, 0.1) is 12.8 Å². The Kier molecular flexibility index (Phi) is 7.07. The van der Waals surface area contributed by atoms with E-state index in [4.69, 9.17) is 16.0 Å². The normalized spacial score (nSPS) is 11.8. The quantitative estimate of drug-likeness (QED) is 0.777. The van der Waals surface area contributed by atoms with E-state index in [0.717, 1.165) is 12.0 Å². The summed E-state index contributed by atoms with van der Waals surface area (Å²) >= 11 is 5.91. The van der Waals surface area contributed by atoms with E-state index < -0.39 is 6.04 Å². The predicted molar refractivity (Wildman–Crippen MR) is 96.9 cm³/mol. The molecular weight excluding hydrogens is 340 g/mol. The van der Waals surface area contributed by atoms with Gasteiger partial charge in [-0.1, -0.05) is 30.7 Å². The Hall–Kier alpha value is -2.27. The third-order valence-electron chi connectivity index (χ3n) is 3.91. The number of nitrogens with zero attached hydrogens (tertiary/aromatic N) is 1. The molecule has 0 fully saturated rings. The van der Waals surface area contributed by atoms with Crippen molar-refractivity contribution in [1.29, 1.82) is 0 Å². The van der Waals surface area contributed by atoms with Crippen molar-refractivity contribution in [3.8, 4) is 0 Å². The van der Waals surface area contributed by atoms with E-state index in [0.29, 0.717) is 30.3 Å². The summed E-state index contributed by atoms with van der Waals surface area (Å²) in [6.45, 7) is 4.35. The van der Waals surface area contributed by atoms with Crippen molar-refractivity contribution in [2.24, 2.45) is 0 Å². The zero-order valence-electron chi connectivity index (χ0n) is 14.5. The van der Waals surface area contributed by atoms with Gasteiger partial charge in [-0.15, -0.1) is 0 Å². The maximum absolute atomic E-state index is 12.5. The molecule has 0 radical (unpaired) electrons. The van der Waals surface area contributed by atoms with Crippen molar-refractivity contribution in [1.82, 2.24) is 10.2 Å². The third kappa shape index (κ3) is 5.64. The Labute approximate surface area is 153 Å². The number of hydrogen-bond donors (Lipinski definition) is 1. The largest absolute Gasteiger partial charge is 0.467 e. The molecule has 2 aromatic rings. The van der Waals surface area contributed by atoms with Crippen LogP contribution in [-0.2, 0) is 22.7 Å². The number of carbonyl (C=O) groups excluding carboxylic acids is 2. The lowest BCUT2D eigenvalue weighted by atomic mass is 10.1. The molecule has 1 N–H and O–H groups in total. The van der Waals surface area contributed by atoms with Crippen LogP contribution in [-0.4, -0.2) is 22.8 Å². The summed E-state index contributed by atoms with van der Waals surface area (Å²) < 4.78 is 5.21. The lowest BCUT2D eigenvalue weighted by Crippen LogP contribution is -2.47. The molecule has 2 amide bonds. The van der Waals surface area contributed by atoms with Gasteiger partial charge in [-0.25, -0.2) is 0 Å². The number of hydrogen-bond acceptors (Lipinski definition) is 3. The molecule has 0 aliphatic carbocycles. The fourth-order valence-electron chi connectivity index (χ4n) is 2.46. The number of nitrogens with one attached hydrogen (secondary N) is 1. The molecule has 25 heavy (non-hydrogen) atoms. The van der Waals surface area contributed by atoms with Gasteiger partial charge >= 0.3 is 0 Å². The van der Waals surface area contributed by atoms with Gasteiger partial charge in [0.2, 0.25) is 11.8 Å². The summed E-state index contributed by atoms with van der Waals surface area (Å²) in [6, 6.07) is 10.3. The zero-order chi connectivity index (χ0) is 18.2. The highest BCUT2D eigenvalue weighted by Gasteiger charge is 2.25. The van der Waals surface area contributed by atoms with Crippen LogP contribution in [0.25, 0.3) is 0 Å². The number of furan rings is 1. The molecule has 0 aliphatic rings. The zero-order valence-corrected chi connectivity index (χ0v) is 15.3. The highest BCUT2D eigenvalue weighted by atomic mass is 35.5. The summed E-state index contributed by atoms with van der Waals surface area (Å²) in [6.07, 6.45) is 2.70. The van der Waals surface area contributed by atoms with Crippen LogP contribution in [0.3, 0.4) is 0 Å². The van der Waals surface area contributed by atoms with Gasteiger partial charge in [-0.2, -0.15) is 0 Å². The number of amides is 2. The van der Waals surface area contributed by atoms with Crippen LogP contribution in [0.1, 0.15) is 38.0 Å². The molecule has 1 atom stereocenters. The molecule has 1 aromatic carbocycles. The summed E-state index contributed by atoms with van der Waals surface area (Å²) in [5.41, 5.74) is 0.930. The molecule has 0 saturated heterocycles. The maximum Gasteiger partial charge on any atom is 0.242 e. The number of rotatable bonds is 8. The fraction of sp³-hybridized carbons (Fsp3) is 0.368. The number of carbonyl (C=O) groups is 2. The summed E-state index contributed by atoms with van der Waals surface area (Å²) in [5, 5.41) is 3.45. The minimum Gasteiger partial charge on any atom is -0.467 e. The Balaban J connectivity index is 2.05. The average molecular weight is 363 g/mol. The molecule has 0 bridgehead atoms. The van der Waals surface area contributed by atoms with E-state index in [1.807, 2.05) is 19.1 Å². The van der Waals surface area contributed by atoms with E-state index in [1.54, 1.807) is 42.4 Å². The van der Waals surface area contributed by atoms with Gasteiger partial charge in [0.15, 0.2) is 0 Å². The highest BCUT2D eigenvalue weighted by Crippen LogP contribution is 2.15. The highest BCUT2D eigenvalue weighted by molar-refractivity contribution is 6.30. The van der Waals surface area contributed by atoms with Crippen LogP contribution >= 0.6 is 11.6 Å². The Bertz CT molecular complexity index is 683. The molecule has 1 heterocycles. The second-order valence-corrected chi connectivity index (χ2v) is 6.31. The summed E-state index contributed by atoms with van der Waals surface area (Å²) in [5.74, 6) is 0.414. The van der Waals surface area contributed by atoms with Crippen LogP contribution in [0.2, 0.25) is 5.02 Å².